The minimum Gasteiger partial charge on any atom is -0.497 e. The van der Waals surface area contributed by atoms with E-state index in [-0.39, 0.29) is 6.04 Å². The summed E-state index contributed by atoms with van der Waals surface area (Å²) in [5.74, 6) is 1.75. The quantitative estimate of drug-likeness (QED) is 0.733. The smallest absolute Gasteiger partial charge is 0.178 e. The molecule has 1 aliphatic rings. The molecule has 5 heteroatoms. The van der Waals surface area contributed by atoms with E-state index < -0.39 is 0 Å². The zero-order valence-corrected chi connectivity index (χ0v) is 12.3. The van der Waals surface area contributed by atoms with Crippen LogP contribution >= 0.6 is 12.2 Å². The first-order valence-electron chi connectivity index (χ1n) is 6.78. The van der Waals surface area contributed by atoms with Gasteiger partial charge in [0.25, 0.3) is 0 Å². The molecule has 2 aromatic carbocycles. The number of imidazole rings is 1. The standard InChI is InChI=1S/C16H14N2O2S/c1-19-10-6-7-12-13(8-10)18(16(21)17-12)14-9-20-15-5-3-2-4-11(14)15/h2-8,14H,9H2,1H3,(H,17,21). The number of methoxy groups -OCH3 is 1. The van der Waals surface area contributed by atoms with Crippen molar-refractivity contribution in [3.8, 4) is 11.5 Å². The fourth-order valence-electron chi connectivity index (χ4n) is 2.90. The van der Waals surface area contributed by atoms with Crippen molar-refractivity contribution in [2.45, 2.75) is 6.04 Å². The van der Waals surface area contributed by atoms with Gasteiger partial charge < -0.3 is 19.0 Å². The van der Waals surface area contributed by atoms with Crippen LogP contribution in [0, 0.1) is 4.77 Å². The van der Waals surface area contributed by atoms with Crippen molar-refractivity contribution < 1.29 is 9.47 Å². The van der Waals surface area contributed by atoms with Crippen LogP contribution in [0.1, 0.15) is 11.6 Å². The van der Waals surface area contributed by atoms with Crippen molar-refractivity contribution in [3.63, 3.8) is 0 Å². The number of para-hydroxylation sites is 1. The van der Waals surface area contributed by atoms with Gasteiger partial charge in [0.05, 0.1) is 24.2 Å². The third-order valence-electron chi connectivity index (χ3n) is 3.91. The number of aromatic nitrogens is 2. The number of ether oxygens (including phenoxy) is 2. The van der Waals surface area contributed by atoms with Gasteiger partial charge in [-0.25, -0.2) is 0 Å². The number of H-pyrrole nitrogens is 1. The summed E-state index contributed by atoms with van der Waals surface area (Å²) in [6, 6.07) is 14.1. The van der Waals surface area contributed by atoms with E-state index in [0.717, 1.165) is 28.1 Å². The van der Waals surface area contributed by atoms with E-state index in [2.05, 4.69) is 15.6 Å². The Balaban J connectivity index is 1.95. The molecule has 4 nitrogen and oxygen atoms in total. The van der Waals surface area contributed by atoms with Crippen molar-refractivity contribution in [3.05, 3.63) is 52.8 Å². The predicted octanol–water partition coefficient (Wildman–Crippen LogP) is 3.69. The Hall–Kier alpha value is -2.27. The summed E-state index contributed by atoms with van der Waals surface area (Å²) in [6.07, 6.45) is 0. The van der Waals surface area contributed by atoms with Crippen molar-refractivity contribution in [2.75, 3.05) is 13.7 Å². The Morgan fingerprint density at radius 1 is 1.29 bits per heavy atom. The minimum atomic E-state index is 0.0922. The molecule has 3 aromatic rings. The van der Waals surface area contributed by atoms with Gasteiger partial charge in [-0.05, 0) is 30.4 Å². The molecule has 0 spiro atoms. The summed E-state index contributed by atoms with van der Waals surface area (Å²) >= 11 is 5.51. The lowest BCUT2D eigenvalue weighted by Crippen LogP contribution is -2.12. The number of benzene rings is 2. The Morgan fingerprint density at radius 3 is 3.00 bits per heavy atom. The SMILES string of the molecule is COc1ccc2[nH]c(=S)n(C3COc4ccccc43)c2c1. The van der Waals surface area contributed by atoms with Crippen LogP contribution in [0.25, 0.3) is 11.0 Å². The molecule has 1 N–H and O–H groups in total. The normalized spacial score (nSPS) is 16.7. The minimum absolute atomic E-state index is 0.0922. The monoisotopic (exact) mass is 298 g/mol. The average molecular weight is 298 g/mol. The molecular weight excluding hydrogens is 284 g/mol. The summed E-state index contributed by atoms with van der Waals surface area (Å²) in [5, 5.41) is 0. The number of nitrogens with zero attached hydrogens (tertiary/aromatic N) is 1. The van der Waals surface area contributed by atoms with Gasteiger partial charge in [-0.15, -0.1) is 0 Å². The lowest BCUT2D eigenvalue weighted by Gasteiger charge is -2.12. The highest BCUT2D eigenvalue weighted by molar-refractivity contribution is 7.71. The molecule has 0 aliphatic carbocycles. The van der Waals surface area contributed by atoms with E-state index in [1.807, 2.05) is 36.4 Å². The van der Waals surface area contributed by atoms with Crippen LogP contribution in [0.5, 0.6) is 11.5 Å². The fourth-order valence-corrected chi connectivity index (χ4v) is 3.23. The number of aromatic amines is 1. The highest BCUT2D eigenvalue weighted by Gasteiger charge is 2.27. The number of hydrogen-bond acceptors (Lipinski definition) is 3. The number of rotatable bonds is 2. The molecule has 0 saturated heterocycles. The van der Waals surface area contributed by atoms with E-state index in [0.29, 0.717) is 11.4 Å². The Kier molecular flexibility index (Phi) is 2.75. The van der Waals surface area contributed by atoms with Gasteiger partial charge in [-0.2, -0.15) is 0 Å². The number of hydrogen-bond donors (Lipinski definition) is 1. The Bertz CT molecular complexity index is 881. The first kappa shape index (κ1) is 12.5. The van der Waals surface area contributed by atoms with Crippen LogP contribution in [-0.4, -0.2) is 23.3 Å². The van der Waals surface area contributed by atoms with E-state index in [1.54, 1.807) is 7.11 Å². The summed E-state index contributed by atoms with van der Waals surface area (Å²) in [7, 11) is 1.67. The van der Waals surface area contributed by atoms with Crippen LogP contribution in [0.15, 0.2) is 42.5 Å². The van der Waals surface area contributed by atoms with Crippen LogP contribution in [0.2, 0.25) is 0 Å². The van der Waals surface area contributed by atoms with Gasteiger partial charge in [0.15, 0.2) is 4.77 Å². The molecule has 4 rings (SSSR count). The molecule has 106 valence electrons. The number of fused-ring (bicyclic) bond motifs is 2. The van der Waals surface area contributed by atoms with E-state index in [9.17, 15) is 0 Å². The van der Waals surface area contributed by atoms with Gasteiger partial charge in [-0.1, -0.05) is 18.2 Å². The van der Waals surface area contributed by atoms with Crippen LogP contribution in [0.3, 0.4) is 0 Å². The first-order chi connectivity index (χ1) is 10.3. The van der Waals surface area contributed by atoms with E-state index in [4.69, 9.17) is 21.7 Å². The lowest BCUT2D eigenvalue weighted by atomic mass is 10.1. The van der Waals surface area contributed by atoms with Crippen LogP contribution in [0.4, 0.5) is 0 Å². The second-order valence-electron chi connectivity index (χ2n) is 5.05. The van der Waals surface area contributed by atoms with Crippen LogP contribution in [-0.2, 0) is 0 Å². The van der Waals surface area contributed by atoms with Crippen LogP contribution < -0.4 is 9.47 Å². The van der Waals surface area contributed by atoms with Gasteiger partial charge >= 0.3 is 0 Å². The molecule has 1 atom stereocenters. The summed E-state index contributed by atoms with van der Waals surface area (Å²) < 4.78 is 13.9. The molecule has 0 bridgehead atoms. The predicted molar refractivity (Wildman–Crippen MR) is 83.8 cm³/mol. The number of nitrogens with one attached hydrogen (secondary N) is 1. The summed E-state index contributed by atoms with van der Waals surface area (Å²) in [4.78, 5) is 3.25. The molecule has 1 aromatic heterocycles. The highest BCUT2D eigenvalue weighted by Crippen LogP contribution is 2.36. The van der Waals surface area contributed by atoms with Crippen molar-refractivity contribution in [2.24, 2.45) is 0 Å². The second-order valence-corrected chi connectivity index (χ2v) is 5.43. The van der Waals surface area contributed by atoms with Gasteiger partial charge in [0.1, 0.15) is 18.1 Å². The summed E-state index contributed by atoms with van der Waals surface area (Å²) in [6.45, 7) is 0.595. The van der Waals surface area contributed by atoms with Gasteiger partial charge in [-0.3, -0.25) is 0 Å². The Morgan fingerprint density at radius 2 is 2.14 bits per heavy atom. The third kappa shape index (κ3) is 1.85. The lowest BCUT2D eigenvalue weighted by molar-refractivity contribution is 0.318. The van der Waals surface area contributed by atoms with Gasteiger partial charge in [0, 0.05) is 11.6 Å². The maximum Gasteiger partial charge on any atom is 0.178 e. The van der Waals surface area contributed by atoms with Crippen molar-refractivity contribution in [1.82, 2.24) is 9.55 Å². The maximum absolute atomic E-state index is 5.78. The highest BCUT2D eigenvalue weighted by atomic mass is 32.1. The molecule has 0 radical (unpaired) electrons. The molecule has 0 fully saturated rings. The van der Waals surface area contributed by atoms with E-state index >= 15 is 0 Å². The Labute approximate surface area is 126 Å². The van der Waals surface area contributed by atoms with Crippen molar-refractivity contribution in [1.29, 1.82) is 0 Å². The molecule has 2 heterocycles. The topological polar surface area (TPSA) is 39.2 Å². The largest absolute Gasteiger partial charge is 0.497 e. The van der Waals surface area contributed by atoms with Crippen molar-refractivity contribution >= 4 is 23.3 Å². The maximum atomic E-state index is 5.78. The molecule has 0 saturated carbocycles. The summed E-state index contributed by atoms with van der Waals surface area (Å²) in [5.41, 5.74) is 3.20. The second kappa shape index (κ2) is 4.63. The zero-order valence-electron chi connectivity index (χ0n) is 11.5. The molecule has 21 heavy (non-hydrogen) atoms. The van der Waals surface area contributed by atoms with Gasteiger partial charge in [0.2, 0.25) is 0 Å². The third-order valence-corrected chi connectivity index (χ3v) is 4.21. The first-order valence-corrected chi connectivity index (χ1v) is 7.19. The zero-order chi connectivity index (χ0) is 14.4. The fraction of sp³-hybridized carbons (Fsp3) is 0.188. The molecule has 1 aliphatic heterocycles. The van der Waals surface area contributed by atoms with E-state index in [1.165, 1.54) is 0 Å². The molecule has 1 unspecified atom stereocenters. The molecule has 0 amide bonds. The average Bonchev–Trinajstić information content (AvgIpc) is 3.06. The molecular formula is C16H14N2O2S.